The summed E-state index contributed by atoms with van der Waals surface area (Å²) in [6.07, 6.45) is 15.8. The summed E-state index contributed by atoms with van der Waals surface area (Å²) in [4.78, 5) is 0. The first-order valence-electron chi connectivity index (χ1n) is 12.5. The van der Waals surface area contributed by atoms with Gasteiger partial charge in [-0.3, -0.25) is 0 Å². The molecule has 0 saturated heterocycles. The summed E-state index contributed by atoms with van der Waals surface area (Å²) in [6.45, 7) is 6.83. The van der Waals surface area contributed by atoms with Gasteiger partial charge in [-0.25, -0.2) is 8.78 Å². The first kappa shape index (κ1) is 25.6. The molecule has 2 aromatic rings. The fraction of sp³-hybridized carbons (Fsp3) is 0.448. The van der Waals surface area contributed by atoms with Crippen molar-refractivity contribution in [1.29, 1.82) is 0 Å². The van der Waals surface area contributed by atoms with Gasteiger partial charge in [-0.2, -0.15) is 0 Å². The minimum atomic E-state index is -1.34. The molecule has 0 aliphatic carbocycles. The molecule has 0 N–H and O–H groups in total. The Kier molecular flexibility index (Phi) is 9.68. The SMILES string of the molecule is CCCC[P+](CCCC)(CCCC)C1C=C(c2ccc(F)cc2)OC(c2ccc(F)cc2)=C1. The van der Waals surface area contributed by atoms with E-state index >= 15 is 0 Å². The van der Waals surface area contributed by atoms with Crippen LogP contribution in [0, 0.1) is 11.6 Å². The van der Waals surface area contributed by atoms with E-state index in [1.165, 1.54) is 81.3 Å². The molecule has 0 aromatic heterocycles. The number of ether oxygens (including phenoxy) is 1. The lowest BCUT2D eigenvalue weighted by molar-refractivity contribution is 0.462. The molecule has 178 valence electrons. The Hall–Kier alpha value is -1.99. The maximum Gasteiger partial charge on any atom is 0.134 e. The second kappa shape index (κ2) is 12.5. The van der Waals surface area contributed by atoms with E-state index in [4.69, 9.17) is 4.74 Å². The maximum atomic E-state index is 13.6. The van der Waals surface area contributed by atoms with Crippen molar-refractivity contribution in [2.75, 3.05) is 18.5 Å². The second-order valence-electron chi connectivity index (χ2n) is 9.12. The zero-order valence-electron chi connectivity index (χ0n) is 20.3. The van der Waals surface area contributed by atoms with Gasteiger partial charge in [-0.1, -0.05) is 40.0 Å². The molecular weight excluding hydrogens is 433 g/mol. The first-order valence-corrected chi connectivity index (χ1v) is 14.9. The van der Waals surface area contributed by atoms with Crippen LogP contribution in [-0.4, -0.2) is 24.1 Å². The Labute approximate surface area is 199 Å². The predicted octanol–water partition coefficient (Wildman–Crippen LogP) is 9.16. The average molecular weight is 472 g/mol. The van der Waals surface area contributed by atoms with Gasteiger partial charge in [-0.05, 0) is 67.8 Å². The van der Waals surface area contributed by atoms with Crippen LogP contribution >= 0.6 is 7.26 Å². The van der Waals surface area contributed by atoms with Crippen molar-refractivity contribution in [2.24, 2.45) is 0 Å². The number of hydrogen-bond donors (Lipinski definition) is 0. The highest BCUT2D eigenvalue weighted by molar-refractivity contribution is 7.76. The van der Waals surface area contributed by atoms with Gasteiger partial charge in [0.2, 0.25) is 0 Å². The van der Waals surface area contributed by atoms with Crippen molar-refractivity contribution in [1.82, 2.24) is 0 Å². The minimum absolute atomic E-state index is 0.253. The van der Waals surface area contributed by atoms with Crippen LogP contribution in [0.3, 0.4) is 0 Å². The molecule has 33 heavy (non-hydrogen) atoms. The summed E-state index contributed by atoms with van der Waals surface area (Å²) in [5.74, 6) is 1.07. The molecular formula is C29H38F2OP+. The first-order chi connectivity index (χ1) is 16.0. The molecule has 0 radical (unpaired) electrons. The van der Waals surface area contributed by atoms with E-state index in [0.29, 0.717) is 5.66 Å². The van der Waals surface area contributed by atoms with Gasteiger partial charge in [0.1, 0.15) is 28.8 Å². The van der Waals surface area contributed by atoms with Crippen LogP contribution in [0.4, 0.5) is 8.78 Å². The van der Waals surface area contributed by atoms with Crippen LogP contribution in [0.15, 0.2) is 60.7 Å². The Morgan fingerprint density at radius 1 is 0.636 bits per heavy atom. The molecule has 0 bridgehead atoms. The van der Waals surface area contributed by atoms with Crippen molar-refractivity contribution in [2.45, 2.75) is 65.0 Å². The maximum absolute atomic E-state index is 13.6. The fourth-order valence-corrected chi connectivity index (χ4v) is 9.91. The van der Waals surface area contributed by atoms with Crippen LogP contribution in [0.5, 0.6) is 0 Å². The summed E-state index contributed by atoms with van der Waals surface area (Å²) in [7, 11) is -1.34. The van der Waals surface area contributed by atoms with Crippen molar-refractivity contribution in [3.8, 4) is 0 Å². The van der Waals surface area contributed by atoms with E-state index < -0.39 is 7.26 Å². The molecule has 0 fully saturated rings. The Morgan fingerprint density at radius 2 is 1.00 bits per heavy atom. The number of hydrogen-bond acceptors (Lipinski definition) is 1. The smallest absolute Gasteiger partial charge is 0.134 e. The van der Waals surface area contributed by atoms with Crippen LogP contribution in [0.1, 0.15) is 70.4 Å². The molecule has 0 atom stereocenters. The quantitative estimate of drug-likeness (QED) is 0.280. The van der Waals surface area contributed by atoms with E-state index in [2.05, 4.69) is 32.9 Å². The third-order valence-electron chi connectivity index (χ3n) is 6.63. The van der Waals surface area contributed by atoms with E-state index in [-0.39, 0.29) is 11.6 Å². The van der Waals surface area contributed by atoms with Crippen LogP contribution in [0.25, 0.3) is 11.5 Å². The monoisotopic (exact) mass is 471 g/mol. The Morgan fingerprint density at radius 3 is 1.33 bits per heavy atom. The highest BCUT2D eigenvalue weighted by Crippen LogP contribution is 2.67. The number of allylic oxidation sites excluding steroid dienone is 2. The van der Waals surface area contributed by atoms with Crippen LogP contribution < -0.4 is 0 Å². The summed E-state index contributed by atoms with van der Waals surface area (Å²) in [5.41, 5.74) is 2.08. The molecule has 4 heteroatoms. The molecule has 1 aliphatic rings. The summed E-state index contributed by atoms with van der Waals surface area (Å²) in [5, 5.41) is 0. The van der Waals surface area contributed by atoms with Crippen molar-refractivity contribution in [3.63, 3.8) is 0 Å². The third kappa shape index (κ3) is 6.76. The lowest BCUT2D eigenvalue weighted by Gasteiger charge is -2.35. The van der Waals surface area contributed by atoms with Gasteiger partial charge >= 0.3 is 0 Å². The van der Waals surface area contributed by atoms with Crippen LogP contribution in [-0.2, 0) is 4.74 Å². The van der Waals surface area contributed by atoms with E-state index in [0.717, 1.165) is 22.6 Å². The van der Waals surface area contributed by atoms with Crippen molar-refractivity contribution in [3.05, 3.63) is 83.4 Å². The van der Waals surface area contributed by atoms with Gasteiger partial charge in [0.05, 0.1) is 18.5 Å². The van der Waals surface area contributed by atoms with E-state index in [9.17, 15) is 8.78 Å². The average Bonchev–Trinajstić information content (AvgIpc) is 2.84. The van der Waals surface area contributed by atoms with Gasteiger partial charge in [-0.15, -0.1) is 0 Å². The topological polar surface area (TPSA) is 9.23 Å². The highest BCUT2D eigenvalue weighted by atomic mass is 31.2. The standard InChI is InChI=1S/C29H38F2OP/c1-4-7-18-33(19-8-5-2,20-9-6-3)27-21-28(23-10-14-25(30)15-11-23)32-29(22-27)24-12-16-26(31)17-13-24/h10-17,21-22,27H,4-9,18-20H2,1-3H3/q+1. The number of halogens is 2. The molecule has 0 amide bonds. The summed E-state index contributed by atoms with van der Waals surface area (Å²) in [6, 6.07) is 13.1. The van der Waals surface area contributed by atoms with Crippen LogP contribution in [0.2, 0.25) is 0 Å². The van der Waals surface area contributed by atoms with Gasteiger partial charge in [0.15, 0.2) is 0 Å². The van der Waals surface area contributed by atoms with Gasteiger partial charge in [0.25, 0.3) is 0 Å². The predicted molar refractivity (Wildman–Crippen MR) is 140 cm³/mol. The van der Waals surface area contributed by atoms with Crippen molar-refractivity contribution >= 4 is 18.8 Å². The molecule has 0 unspecified atom stereocenters. The normalized spacial score (nSPS) is 14.6. The minimum Gasteiger partial charge on any atom is -0.456 e. The molecule has 3 rings (SSSR count). The number of benzene rings is 2. The molecule has 2 aromatic carbocycles. The molecule has 0 spiro atoms. The number of rotatable bonds is 12. The Balaban J connectivity index is 2.09. The van der Waals surface area contributed by atoms with Gasteiger partial charge in [0, 0.05) is 30.5 Å². The second-order valence-corrected chi connectivity index (χ2v) is 13.5. The van der Waals surface area contributed by atoms with Gasteiger partial charge < -0.3 is 4.74 Å². The summed E-state index contributed by atoms with van der Waals surface area (Å²) < 4.78 is 33.6. The Bertz CT molecular complexity index is 848. The molecule has 1 heterocycles. The third-order valence-corrected chi connectivity index (χ3v) is 11.8. The lowest BCUT2D eigenvalue weighted by Crippen LogP contribution is -2.22. The highest BCUT2D eigenvalue weighted by Gasteiger charge is 2.44. The van der Waals surface area contributed by atoms with E-state index in [1.807, 2.05) is 0 Å². The van der Waals surface area contributed by atoms with E-state index in [1.54, 1.807) is 24.3 Å². The lowest BCUT2D eigenvalue weighted by atomic mass is 10.1. The molecule has 1 nitrogen and oxygen atoms in total. The number of unbranched alkanes of at least 4 members (excludes halogenated alkanes) is 3. The fourth-order valence-electron chi connectivity index (χ4n) is 4.60. The largest absolute Gasteiger partial charge is 0.456 e. The zero-order valence-corrected chi connectivity index (χ0v) is 21.2. The molecule has 1 aliphatic heterocycles. The zero-order chi connectivity index (χ0) is 23.7. The van der Waals surface area contributed by atoms with Crippen molar-refractivity contribution < 1.29 is 13.5 Å². The molecule has 0 saturated carbocycles. The summed E-state index contributed by atoms with van der Waals surface area (Å²) >= 11 is 0.